The molecular weight excluding hydrogens is 128 g/mol. The first-order chi connectivity index (χ1) is 3.72. The molecule has 0 saturated carbocycles. The Morgan fingerprint density at radius 1 is 1.88 bits per heavy atom. The highest BCUT2D eigenvalue weighted by atomic mass is 35.5. The molecule has 0 rings (SSSR count). The van der Waals surface area contributed by atoms with Gasteiger partial charge in [-0.3, -0.25) is 0 Å². The van der Waals surface area contributed by atoms with Gasteiger partial charge in [-0.2, -0.15) is 0 Å². The molecule has 46 valence electrons. The second-order valence-corrected chi connectivity index (χ2v) is 1.95. The Kier molecular flexibility index (Phi) is 3.35. The lowest BCUT2D eigenvalue weighted by molar-refractivity contribution is 0.731. The molecule has 0 aromatic rings. The normalized spacial score (nSPS) is 16.8. The molecule has 0 aliphatic rings. The maximum Gasteiger partial charge on any atom is 0.172 e. The lowest BCUT2D eigenvalue weighted by atomic mass is 10.2. The van der Waals surface area contributed by atoms with Crippen LogP contribution in [0.5, 0.6) is 0 Å². The van der Waals surface area contributed by atoms with Crippen LogP contribution < -0.4 is 0 Å². The van der Waals surface area contributed by atoms with Crippen LogP contribution in [-0.2, 0) is 0 Å². The quantitative estimate of drug-likeness (QED) is 0.271. The van der Waals surface area contributed by atoms with Crippen LogP contribution in [-0.4, -0.2) is 11.7 Å². The number of alkyl halides is 1. The molecule has 0 aliphatic carbocycles. The van der Waals surface area contributed by atoms with E-state index in [0.29, 0.717) is 0 Å². The van der Waals surface area contributed by atoms with Gasteiger partial charge in [-0.1, -0.05) is 18.5 Å². The summed E-state index contributed by atoms with van der Waals surface area (Å²) in [7, 11) is 0. The van der Waals surface area contributed by atoms with Gasteiger partial charge in [-0.25, -0.2) is 0 Å². The third kappa shape index (κ3) is 2.02. The number of hydrogen-bond acceptors (Lipinski definition) is 3. The smallest absolute Gasteiger partial charge is 0.172 e. The maximum atomic E-state index is 9.62. The fourth-order valence-electron chi connectivity index (χ4n) is 0.175. The summed E-state index contributed by atoms with van der Waals surface area (Å²) < 4.78 is 0. The third-order valence-electron chi connectivity index (χ3n) is 0.797. The Balaban J connectivity index is 3.60. The second kappa shape index (κ2) is 3.55. The van der Waals surface area contributed by atoms with Crippen LogP contribution in [0.15, 0.2) is 5.18 Å². The van der Waals surface area contributed by atoms with Gasteiger partial charge >= 0.3 is 0 Å². The van der Waals surface area contributed by atoms with Gasteiger partial charge in [0.25, 0.3) is 0 Å². The average Bonchev–Trinajstić information content (AvgIpc) is 1.84. The SMILES string of the molecule is CC(C=N)C(Cl)N=O. The predicted molar refractivity (Wildman–Crippen MR) is 33.4 cm³/mol. The van der Waals surface area contributed by atoms with E-state index in [0.717, 1.165) is 6.21 Å². The van der Waals surface area contributed by atoms with Crippen molar-refractivity contribution in [3.8, 4) is 0 Å². The number of nitroso groups, excluding NO2 is 1. The number of nitrogens with one attached hydrogen (secondary N) is 1. The second-order valence-electron chi connectivity index (χ2n) is 1.50. The van der Waals surface area contributed by atoms with Crippen molar-refractivity contribution < 1.29 is 0 Å². The molecule has 0 aromatic heterocycles. The van der Waals surface area contributed by atoms with Crippen molar-refractivity contribution in [1.82, 2.24) is 0 Å². The fraction of sp³-hybridized carbons (Fsp3) is 0.750. The third-order valence-corrected chi connectivity index (χ3v) is 1.27. The van der Waals surface area contributed by atoms with E-state index in [4.69, 9.17) is 17.0 Å². The van der Waals surface area contributed by atoms with Gasteiger partial charge in [0.2, 0.25) is 0 Å². The zero-order valence-corrected chi connectivity index (χ0v) is 5.22. The number of halogens is 1. The molecule has 0 fully saturated rings. The lowest BCUT2D eigenvalue weighted by Crippen LogP contribution is -2.07. The summed E-state index contributed by atoms with van der Waals surface area (Å²) >= 11 is 5.29. The van der Waals surface area contributed by atoms with Crippen LogP contribution in [0.25, 0.3) is 0 Å². The Labute approximate surface area is 52.5 Å². The Hall–Kier alpha value is -0.440. The molecule has 0 aliphatic heterocycles. The van der Waals surface area contributed by atoms with E-state index in [2.05, 4.69) is 5.18 Å². The molecule has 0 radical (unpaired) electrons. The molecule has 4 heteroatoms. The largest absolute Gasteiger partial charge is 0.313 e. The van der Waals surface area contributed by atoms with Crippen molar-refractivity contribution in [2.45, 2.75) is 12.4 Å². The molecule has 0 saturated heterocycles. The van der Waals surface area contributed by atoms with Gasteiger partial charge in [0.05, 0.1) is 0 Å². The minimum atomic E-state index is -0.785. The van der Waals surface area contributed by atoms with Crippen LogP contribution in [0.4, 0.5) is 0 Å². The monoisotopic (exact) mass is 134 g/mol. The summed E-state index contributed by atoms with van der Waals surface area (Å²) in [5.74, 6) is -0.255. The van der Waals surface area contributed by atoms with Gasteiger partial charge in [0.1, 0.15) is 0 Å². The van der Waals surface area contributed by atoms with Gasteiger partial charge in [0.15, 0.2) is 5.50 Å². The van der Waals surface area contributed by atoms with Crippen molar-refractivity contribution in [2.24, 2.45) is 11.1 Å². The summed E-state index contributed by atoms with van der Waals surface area (Å²) in [5.41, 5.74) is -0.785. The van der Waals surface area contributed by atoms with E-state index in [1.807, 2.05) is 0 Å². The van der Waals surface area contributed by atoms with Gasteiger partial charge in [0, 0.05) is 12.1 Å². The molecule has 0 aromatic carbocycles. The Morgan fingerprint density at radius 3 is 2.50 bits per heavy atom. The first-order valence-corrected chi connectivity index (χ1v) is 2.63. The summed E-state index contributed by atoms with van der Waals surface area (Å²) in [6.45, 7) is 1.66. The van der Waals surface area contributed by atoms with Crippen molar-refractivity contribution in [2.75, 3.05) is 0 Å². The predicted octanol–water partition coefficient (Wildman–Crippen LogP) is 1.60. The van der Waals surface area contributed by atoms with Crippen LogP contribution in [0.1, 0.15) is 6.92 Å². The van der Waals surface area contributed by atoms with Crippen LogP contribution >= 0.6 is 11.6 Å². The molecule has 0 heterocycles. The molecule has 8 heavy (non-hydrogen) atoms. The van der Waals surface area contributed by atoms with Crippen molar-refractivity contribution in [3.05, 3.63) is 4.91 Å². The highest BCUT2D eigenvalue weighted by molar-refractivity contribution is 6.21. The lowest BCUT2D eigenvalue weighted by Gasteiger charge is -2.01. The molecule has 2 atom stereocenters. The van der Waals surface area contributed by atoms with Gasteiger partial charge in [-0.05, 0) is 5.18 Å². The zero-order valence-electron chi connectivity index (χ0n) is 4.47. The van der Waals surface area contributed by atoms with E-state index in [9.17, 15) is 4.91 Å². The molecule has 0 bridgehead atoms. The average molecular weight is 135 g/mol. The number of nitrogens with zero attached hydrogens (tertiary/aromatic N) is 1. The molecule has 1 N–H and O–H groups in total. The summed E-state index contributed by atoms with van der Waals surface area (Å²) in [5, 5.41) is 9.16. The highest BCUT2D eigenvalue weighted by Crippen LogP contribution is 2.07. The topological polar surface area (TPSA) is 53.3 Å². The van der Waals surface area contributed by atoms with E-state index >= 15 is 0 Å². The first kappa shape index (κ1) is 7.56. The van der Waals surface area contributed by atoms with Crippen LogP contribution in [0, 0.1) is 16.2 Å². The minimum absolute atomic E-state index is 0.255. The molecule has 0 spiro atoms. The zero-order chi connectivity index (χ0) is 6.57. The number of rotatable bonds is 3. The summed E-state index contributed by atoms with van der Waals surface area (Å²) in [6, 6.07) is 0. The van der Waals surface area contributed by atoms with E-state index in [1.54, 1.807) is 6.92 Å². The summed E-state index contributed by atoms with van der Waals surface area (Å²) in [6.07, 6.45) is 1.10. The molecular formula is C4H7ClN2O. The minimum Gasteiger partial charge on any atom is -0.313 e. The van der Waals surface area contributed by atoms with Crippen LogP contribution in [0.3, 0.4) is 0 Å². The van der Waals surface area contributed by atoms with Crippen molar-refractivity contribution in [3.63, 3.8) is 0 Å². The van der Waals surface area contributed by atoms with Crippen molar-refractivity contribution >= 4 is 17.8 Å². The Bertz CT molecular complexity index is 84.0. The standard InChI is InChI=1S/C4H7ClN2O/c1-3(2-6)4(5)7-8/h2-4,6H,1H3. The van der Waals surface area contributed by atoms with Gasteiger partial charge in [-0.15, -0.1) is 4.91 Å². The van der Waals surface area contributed by atoms with E-state index in [1.165, 1.54) is 0 Å². The summed E-state index contributed by atoms with van der Waals surface area (Å²) in [4.78, 5) is 9.62. The van der Waals surface area contributed by atoms with Crippen LogP contribution in [0.2, 0.25) is 0 Å². The van der Waals surface area contributed by atoms with Crippen molar-refractivity contribution in [1.29, 1.82) is 5.41 Å². The first-order valence-electron chi connectivity index (χ1n) is 2.19. The number of hydrogen-bond donors (Lipinski definition) is 1. The van der Waals surface area contributed by atoms with E-state index in [-0.39, 0.29) is 5.92 Å². The highest BCUT2D eigenvalue weighted by Gasteiger charge is 2.09. The molecule has 0 amide bonds. The fourth-order valence-corrected chi connectivity index (χ4v) is 0.248. The van der Waals surface area contributed by atoms with E-state index < -0.39 is 5.50 Å². The van der Waals surface area contributed by atoms with Gasteiger partial charge < -0.3 is 5.41 Å². The maximum absolute atomic E-state index is 9.62. The molecule has 2 unspecified atom stereocenters. The Morgan fingerprint density at radius 2 is 2.38 bits per heavy atom. The molecule has 3 nitrogen and oxygen atoms in total.